The quantitative estimate of drug-likeness (QED) is 0.293. The molecule has 4 amide bonds. The molecule has 0 spiro atoms. The molecule has 0 bridgehead atoms. The number of para-hydroxylation sites is 1. The smallest absolute Gasteiger partial charge is 0.526 e. The topological polar surface area (TPSA) is 174 Å². The second kappa shape index (κ2) is 10.2. The molecule has 1 aromatic carbocycles. The van der Waals surface area contributed by atoms with Crippen LogP contribution in [0.5, 0.6) is 5.75 Å². The lowest BCUT2D eigenvalue weighted by molar-refractivity contribution is -0.153. The number of ketones is 1. The summed E-state index contributed by atoms with van der Waals surface area (Å²) in [4.78, 5) is 63.2. The van der Waals surface area contributed by atoms with Gasteiger partial charge in [0.2, 0.25) is 0 Å². The van der Waals surface area contributed by atoms with Gasteiger partial charge in [-0.15, -0.1) is 0 Å². The van der Waals surface area contributed by atoms with Crippen molar-refractivity contribution in [2.75, 3.05) is 19.6 Å². The fourth-order valence-corrected chi connectivity index (χ4v) is 4.06. The fraction of sp³-hybridized carbons (Fsp3) is 0.476. The predicted molar refractivity (Wildman–Crippen MR) is 117 cm³/mol. The molecule has 1 aromatic rings. The monoisotopic (exact) mass is 475 g/mol. The summed E-state index contributed by atoms with van der Waals surface area (Å²) in [7, 11) is -1.48. The normalized spacial score (nSPS) is 19.8. The molecular weight excluding hydrogens is 449 g/mol. The van der Waals surface area contributed by atoms with E-state index >= 15 is 0 Å². The third kappa shape index (κ3) is 5.05. The van der Waals surface area contributed by atoms with Gasteiger partial charge in [-0.2, -0.15) is 0 Å². The minimum Gasteiger partial charge on any atom is -0.535 e. The van der Waals surface area contributed by atoms with E-state index in [-0.39, 0.29) is 37.2 Å². The van der Waals surface area contributed by atoms with Gasteiger partial charge in [-0.25, -0.2) is 9.59 Å². The number of likely N-dealkylation sites (N-methyl/N-ethyl adjacent to an activating group) is 1. The van der Waals surface area contributed by atoms with Crippen LogP contribution in [0, 0.1) is 0 Å². The van der Waals surface area contributed by atoms with Crippen LogP contribution < -0.4 is 9.97 Å². The van der Waals surface area contributed by atoms with Gasteiger partial charge >= 0.3 is 30.9 Å². The Morgan fingerprint density at radius 1 is 1.24 bits per heavy atom. The van der Waals surface area contributed by atoms with E-state index in [1.165, 1.54) is 24.0 Å². The number of nitrogens with one attached hydrogen (secondary N) is 1. The number of carbonyl (C=O) groups excluding carboxylic acids is 4. The Morgan fingerprint density at radius 3 is 2.56 bits per heavy atom. The van der Waals surface area contributed by atoms with Crippen molar-refractivity contribution in [1.29, 1.82) is 0 Å². The largest absolute Gasteiger partial charge is 0.535 e. The molecule has 182 valence electrons. The Hall–Kier alpha value is -3.45. The highest BCUT2D eigenvalue weighted by Gasteiger charge is 2.41. The van der Waals surface area contributed by atoms with Crippen LogP contribution in [0.1, 0.15) is 36.2 Å². The number of rotatable bonds is 7. The van der Waals surface area contributed by atoms with Crippen molar-refractivity contribution in [3.63, 3.8) is 0 Å². The van der Waals surface area contributed by atoms with Gasteiger partial charge in [-0.05, 0) is 31.9 Å². The van der Waals surface area contributed by atoms with Gasteiger partial charge in [-0.3, -0.25) is 19.3 Å². The number of fused-ring (bicyclic) bond motifs is 1. The number of carboxylic acid groups (broad SMARTS) is 1. The molecule has 13 heteroatoms. The number of aromatic carboxylic acids is 1. The van der Waals surface area contributed by atoms with Crippen molar-refractivity contribution in [2.45, 2.75) is 44.7 Å². The molecule has 1 fully saturated rings. The highest BCUT2D eigenvalue weighted by Crippen LogP contribution is 2.36. The molecule has 2 aliphatic rings. The van der Waals surface area contributed by atoms with Crippen LogP contribution in [0.15, 0.2) is 18.2 Å². The van der Waals surface area contributed by atoms with E-state index in [0.29, 0.717) is 17.0 Å². The summed E-state index contributed by atoms with van der Waals surface area (Å²) in [5.74, 6) is -4.43. The van der Waals surface area contributed by atoms with Gasteiger partial charge in [0.05, 0.1) is 11.7 Å². The number of Topliss-reactive ketones (excluding diaryl/α,β-unsaturated/α-hetero) is 1. The molecule has 1 saturated heterocycles. The molecule has 2 heterocycles. The first-order valence-corrected chi connectivity index (χ1v) is 10.9. The molecule has 0 unspecified atom stereocenters. The zero-order chi connectivity index (χ0) is 25.2. The van der Waals surface area contributed by atoms with E-state index in [9.17, 15) is 39.2 Å². The van der Waals surface area contributed by atoms with Crippen LogP contribution >= 0.6 is 0 Å². The maximum Gasteiger partial charge on any atom is 0.526 e. The number of nitrogens with zero attached hydrogens (tertiary/aromatic N) is 2. The molecule has 0 aliphatic carbocycles. The molecule has 3 rings (SSSR count). The van der Waals surface area contributed by atoms with Crippen molar-refractivity contribution in [3.8, 4) is 5.75 Å². The van der Waals surface area contributed by atoms with Crippen LogP contribution in [0.2, 0.25) is 5.82 Å². The van der Waals surface area contributed by atoms with Crippen molar-refractivity contribution in [3.05, 3.63) is 29.3 Å². The van der Waals surface area contributed by atoms with E-state index in [2.05, 4.69) is 5.32 Å². The highest BCUT2D eigenvalue weighted by atomic mass is 16.5. The molecule has 4 N–H and O–H groups in total. The van der Waals surface area contributed by atoms with E-state index in [1.807, 2.05) is 0 Å². The summed E-state index contributed by atoms with van der Waals surface area (Å²) in [5, 5.41) is 32.1. The number of piperazine rings is 1. The number of imide groups is 1. The molecule has 2 aliphatic heterocycles. The zero-order valence-electron chi connectivity index (χ0n) is 18.8. The predicted octanol–water partition coefficient (Wildman–Crippen LogP) is -0.721. The molecule has 0 aromatic heterocycles. The van der Waals surface area contributed by atoms with Gasteiger partial charge in [-0.1, -0.05) is 12.1 Å². The van der Waals surface area contributed by atoms with Crippen LogP contribution in [0.3, 0.4) is 0 Å². The second-order valence-corrected chi connectivity index (χ2v) is 8.25. The van der Waals surface area contributed by atoms with E-state index in [4.69, 9.17) is 4.65 Å². The molecule has 34 heavy (non-hydrogen) atoms. The number of carboxylic acids is 1. The Morgan fingerprint density at radius 2 is 1.94 bits per heavy atom. The summed E-state index contributed by atoms with van der Waals surface area (Å²) in [6.07, 6.45) is -1.49. The lowest BCUT2D eigenvalue weighted by atomic mass is 9.64. The van der Waals surface area contributed by atoms with Gasteiger partial charge in [0.25, 0.3) is 0 Å². The van der Waals surface area contributed by atoms with E-state index in [0.717, 1.165) is 0 Å². The van der Waals surface area contributed by atoms with Crippen LogP contribution in [0.4, 0.5) is 4.79 Å². The number of urea groups is 1. The van der Waals surface area contributed by atoms with E-state index < -0.39 is 54.7 Å². The Bertz CT molecular complexity index is 1020. The van der Waals surface area contributed by atoms with Crippen LogP contribution in [-0.4, -0.2) is 93.5 Å². The van der Waals surface area contributed by atoms with Crippen molar-refractivity contribution < 1.29 is 43.9 Å². The SMILES string of the molecule is CCN1CCN(C(=O)N[C@@H](C(=O)C[C@H]2Cc3cccc(C(=O)O)c3OB2O)[C@H](C)O)C(=O)C1=O. The number of aliphatic hydroxyl groups excluding tert-OH is 1. The molecule has 0 radical (unpaired) electrons. The van der Waals surface area contributed by atoms with Crippen molar-refractivity contribution in [1.82, 2.24) is 15.1 Å². The summed E-state index contributed by atoms with van der Waals surface area (Å²) in [5.41, 5.74) is 0.386. The summed E-state index contributed by atoms with van der Waals surface area (Å²) >= 11 is 0. The molecular formula is C21H26BN3O9. The third-order valence-corrected chi connectivity index (χ3v) is 5.96. The van der Waals surface area contributed by atoms with Gasteiger partial charge < -0.3 is 30.1 Å². The molecule has 3 atom stereocenters. The molecule has 0 saturated carbocycles. The van der Waals surface area contributed by atoms with Gasteiger partial charge in [0.1, 0.15) is 11.8 Å². The number of hydrogen-bond donors (Lipinski definition) is 4. The highest BCUT2D eigenvalue weighted by molar-refractivity contribution is 6.47. The maximum atomic E-state index is 12.9. The lowest BCUT2D eigenvalue weighted by Crippen LogP contribution is -2.61. The van der Waals surface area contributed by atoms with Crippen LogP contribution in [0.25, 0.3) is 0 Å². The first kappa shape index (κ1) is 25.2. The van der Waals surface area contributed by atoms with Crippen molar-refractivity contribution >= 4 is 36.7 Å². The average molecular weight is 475 g/mol. The van der Waals surface area contributed by atoms with E-state index in [1.54, 1.807) is 13.0 Å². The Balaban J connectivity index is 1.69. The zero-order valence-corrected chi connectivity index (χ0v) is 18.8. The number of aliphatic hydroxyl groups is 1. The first-order chi connectivity index (χ1) is 16.0. The second-order valence-electron chi connectivity index (χ2n) is 8.25. The number of amides is 4. The number of benzene rings is 1. The maximum absolute atomic E-state index is 12.9. The average Bonchev–Trinajstić information content (AvgIpc) is 2.78. The van der Waals surface area contributed by atoms with Crippen molar-refractivity contribution in [2.24, 2.45) is 0 Å². The first-order valence-electron chi connectivity index (χ1n) is 10.9. The van der Waals surface area contributed by atoms with Gasteiger partial charge in [0.15, 0.2) is 5.78 Å². The lowest BCUT2D eigenvalue weighted by Gasteiger charge is -2.33. The summed E-state index contributed by atoms with van der Waals surface area (Å²) in [6, 6.07) is 2.10. The number of carbonyl (C=O) groups is 5. The third-order valence-electron chi connectivity index (χ3n) is 5.96. The minimum atomic E-state index is -1.48. The number of hydrogen-bond acceptors (Lipinski definition) is 8. The fourth-order valence-electron chi connectivity index (χ4n) is 4.06. The Labute approximate surface area is 195 Å². The summed E-state index contributed by atoms with van der Waals surface area (Å²) < 4.78 is 5.38. The standard InChI is InChI=1S/C21H26BN3O9/c1-3-24-7-8-25(19(29)18(24)28)21(32)23-16(11(2)26)15(27)10-13-9-12-5-4-6-14(20(30)31)17(12)34-22(13)33/h4-6,11,13,16,26,33H,3,7-10H2,1-2H3,(H,23,32)(H,30,31)/t11-,13+,16+/m0/s1. The Kier molecular flexibility index (Phi) is 7.57. The summed E-state index contributed by atoms with van der Waals surface area (Å²) in [6.45, 7) is 3.41. The van der Waals surface area contributed by atoms with Crippen LogP contribution in [-0.2, 0) is 20.8 Å². The van der Waals surface area contributed by atoms with Gasteiger partial charge in [0, 0.05) is 31.9 Å². The molecule has 12 nitrogen and oxygen atoms in total. The minimum absolute atomic E-state index is 0.0287.